The minimum absolute atomic E-state index is 0.528. The molecule has 1 aliphatic rings. The molecule has 0 aliphatic heterocycles. The lowest BCUT2D eigenvalue weighted by atomic mass is 10.1. The lowest BCUT2D eigenvalue weighted by Gasteiger charge is -2.16. The molecule has 15 heavy (non-hydrogen) atoms. The van der Waals surface area contributed by atoms with Crippen LogP contribution >= 0.6 is 11.5 Å². The van der Waals surface area contributed by atoms with Crippen molar-refractivity contribution >= 4 is 11.5 Å². The van der Waals surface area contributed by atoms with Gasteiger partial charge < -0.3 is 5.32 Å². The van der Waals surface area contributed by atoms with Crippen molar-refractivity contribution in [1.29, 1.82) is 0 Å². The molecular formula is C11H19N3S. The highest BCUT2D eigenvalue weighted by atomic mass is 32.1. The minimum atomic E-state index is 0.528. The first-order valence-electron chi connectivity index (χ1n) is 5.91. The van der Waals surface area contributed by atoms with Crippen molar-refractivity contribution in [2.24, 2.45) is 5.92 Å². The van der Waals surface area contributed by atoms with Gasteiger partial charge in [0.2, 0.25) is 0 Å². The van der Waals surface area contributed by atoms with Crippen LogP contribution in [0.15, 0.2) is 0 Å². The van der Waals surface area contributed by atoms with E-state index in [1.54, 1.807) is 11.5 Å². The van der Waals surface area contributed by atoms with Gasteiger partial charge in [0, 0.05) is 6.04 Å². The van der Waals surface area contributed by atoms with Crippen LogP contribution in [0.4, 0.5) is 0 Å². The van der Waals surface area contributed by atoms with Gasteiger partial charge in [0.05, 0.1) is 10.6 Å². The van der Waals surface area contributed by atoms with Gasteiger partial charge >= 0.3 is 0 Å². The summed E-state index contributed by atoms with van der Waals surface area (Å²) in [6.07, 6.45) is 4.92. The number of aromatic nitrogens is 2. The fourth-order valence-electron chi connectivity index (χ4n) is 1.90. The van der Waals surface area contributed by atoms with Crippen LogP contribution in [0.3, 0.4) is 0 Å². The molecule has 1 heterocycles. The predicted octanol–water partition coefficient (Wildman–Crippen LogP) is 2.55. The van der Waals surface area contributed by atoms with Gasteiger partial charge in [-0.2, -0.15) is 0 Å². The van der Waals surface area contributed by atoms with E-state index >= 15 is 0 Å². The Morgan fingerprint density at radius 1 is 1.47 bits per heavy atom. The lowest BCUT2D eigenvalue weighted by Crippen LogP contribution is -2.23. The van der Waals surface area contributed by atoms with E-state index in [9.17, 15) is 0 Å². The zero-order valence-corrected chi connectivity index (χ0v) is 10.3. The molecule has 1 atom stereocenters. The van der Waals surface area contributed by atoms with Gasteiger partial charge in [0.15, 0.2) is 0 Å². The molecule has 1 aromatic heterocycles. The van der Waals surface area contributed by atoms with E-state index in [1.165, 1.54) is 29.8 Å². The van der Waals surface area contributed by atoms with Crippen molar-refractivity contribution < 1.29 is 0 Å². The Morgan fingerprint density at radius 2 is 2.27 bits per heavy atom. The Balaban J connectivity index is 2.09. The zero-order chi connectivity index (χ0) is 10.7. The van der Waals surface area contributed by atoms with Crippen LogP contribution in [-0.2, 0) is 6.42 Å². The summed E-state index contributed by atoms with van der Waals surface area (Å²) < 4.78 is 4.08. The van der Waals surface area contributed by atoms with E-state index in [0.29, 0.717) is 6.04 Å². The third-order valence-corrected chi connectivity index (χ3v) is 3.76. The van der Waals surface area contributed by atoms with Gasteiger partial charge in [-0.25, -0.2) is 0 Å². The van der Waals surface area contributed by atoms with Crippen LogP contribution in [0, 0.1) is 5.92 Å². The number of aryl methyl sites for hydroxylation is 1. The quantitative estimate of drug-likeness (QED) is 0.808. The SMILES string of the molecule is CCCNC(c1snnc1CC)C1CC1. The molecule has 1 aliphatic carbocycles. The van der Waals surface area contributed by atoms with Crippen LogP contribution in [-0.4, -0.2) is 16.1 Å². The van der Waals surface area contributed by atoms with Crippen LogP contribution in [0.2, 0.25) is 0 Å². The first kappa shape index (κ1) is 11.0. The molecule has 1 fully saturated rings. The molecule has 0 radical (unpaired) electrons. The molecule has 3 nitrogen and oxygen atoms in total. The monoisotopic (exact) mass is 225 g/mol. The van der Waals surface area contributed by atoms with Crippen molar-refractivity contribution in [3.63, 3.8) is 0 Å². The van der Waals surface area contributed by atoms with Crippen molar-refractivity contribution in [2.75, 3.05) is 6.54 Å². The van der Waals surface area contributed by atoms with Crippen LogP contribution in [0.5, 0.6) is 0 Å². The summed E-state index contributed by atoms with van der Waals surface area (Å²) >= 11 is 1.58. The summed E-state index contributed by atoms with van der Waals surface area (Å²) in [6, 6.07) is 0.528. The van der Waals surface area contributed by atoms with Gasteiger partial charge in [-0.1, -0.05) is 18.3 Å². The molecule has 0 amide bonds. The largest absolute Gasteiger partial charge is 0.309 e. The molecule has 0 aromatic carbocycles. The van der Waals surface area contributed by atoms with Gasteiger partial charge in [0.1, 0.15) is 0 Å². The highest BCUT2D eigenvalue weighted by molar-refractivity contribution is 7.05. The second kappa shape index (κ2) is 5.03. The second-order valence-electron chi connectivity index (χ2n) is 4.21. The third kappa shape index (κ3) is 2.55. The summed E-state index contributed by atoms with van der Waals surface area (Å²) in [5.41, 5.74) is 1.19. The fraction of sp³-hybridized carbons (Fsp3) is 0.818. The molecular weight excluding hydrogens is 206 g/mol. The summed E-state index contributed by atoms with van der Waals surface area (Å²) in [5, 5.41) is 7.84. The summed E-state index contributed by atoms with van der Waals surface area (Å²) in [4.78, 5) is 1.38. The molecule has 1 saturated carbocycles. The Bertz CT molecular complexity index is 307. The Hall–Kier alpha value is -0.480. The second-order valence-corrected chi connectivity index (χ2v) is 4.99. The maximum Gasteiger partial charge on any atom is 0.0801 e. The molecule has 0 saturated heterocycles. The molecule has 1 aromatic rings. The van der Waals surface area contributed by atoms with E-state index < -0.39 is 0 Å². The van der Waals surface area contributed by atoms with Crippen LogP contribution in [0.1, 0.15) is 49.7 Å². The Morgan fingerprint density at radius 3 is 2.87 bits per heavy atom. The zero-order valence-electron chi connectivity index (χ0n) is 9.49. The fourth-order valence-corrected chi connectivity index (χ4v) is 2.81. The Labute approximate surface area is 95.4 Å². The molecule has 2 rings (SSSR count). The molecule has 0 bridgehead atoms. The number of hydrogen-bond donors (Lipinski definition) is 1. The molecule has 84 valence electrons. The summed E-state index contributed by atoms with van der Waals surface area (Å²) in [7, 11) is 0. The van der Waals surface area contributed by atoms with Gasteiger partial charge in [-0.15, -0.1) is 5.10 Å². The van der Waals surface area contributed by atoms with Gasteiger partial charge in [0.25, 0.3) is 0 Å². The first-order chi connectivity index (χ1) is 7.36. The number of nitrogens with zero attached hydrogens (tertiary/aromatic N) is 2. The molecule has 4 heteroatoms. The molecule has 0 spiro atoms. The van der Waals surface area contributed by atoms with Crippen molar-refractivity contribution in [2.45, 2.75) is 45.6 Å². The van der Waals surface area contributed by atoms with E-state index in [4.69, 9.17) is 0 Å². The maximum absolute atomic E-state index is 4.20. The Kier molecular flexibility index (Phi) is 3.70. The summed E-state index contributed by atoms with van der Waals surface area (Å²) in [5.74, 6) is 0.837. The lowest BCUT2D eigenvalue weighted by molar-refractivity contribution is 0.484. The topological polar surface area (TPSA) is 37.8 Å². The van der Waals surface area contributed by atoms with Crippen LogP contribution < -0.4 is 5.32 Å². The van der Waals surface area contributed by atoms with Gasteiger partial charge in [-0.05, 0) is 49.7 Å². The smallest absolute Gasteiger partial charge is 0.0801 e. The van der Waals surface area contributed by atoms with E-state index in [-0.39, 0.29) is 0 Å². The maximum atomic E-state index is 4.20. The van der Waals surface area contributed by atoms with Crippen molar-refractivity contribution in [1.82, 2.24) is 14.9 Å². The first-order valence-corrected chi connectivity index (χ1v) is 6.68. The van der Waals surface area contributed by atoms with Crippen molar-refractivity contribution in [3.05, 3.63) is 10.6 Å². The predicted molar refractivity (Wildman–Crippen MR) is 63.0 cm³/mol. The van der Waals surface area contributed by atoms with E-state index in [0.717, 1.165) is 18.9 Å². The highest BCUT2D eigenvalue weighted by Crippen LogP contribution is 2.42. The van der Waals surface area contributed by atoms with Crippen LogP contribution in [0.25, 0.3) is 0 Å². The van der Waals surface area contributed by atoms with Crippen molar-refractivity contribution in [3.8, 4) is 0 Å². The number of nitrogens with one attached hydrogen (secondary N) is 1. The van der Waals surface area contributed by atoms with E-state index in [1.807, 2.05) is 0 Å². The van der Waals surface area contributed by atoms with Gasteiger partial charge in [-0.3, -0.25) is 0 Å². The third-order valence-electron chi connectivity index (χ3n) is 2.91. The average molecular weight is 225 g/mol. The average Bonchev–Trinajstić information content (AvgIpc) is 2.97. The minimum Gasteiger partial charge on any atom is -0.309 e. The van der Waals surface area contributed by atoms with E-state index in [2.05, 4.69) is 28.8 Å². The highest BCUT2D eigenvalue weighted by Gasteiger charge is 2.34. The molecule has 1 unspecified atom stereocenters. The number of rotatable bonds is 6. The standard InChI is InChI=1S/C11H19N3S/c1-3-7-12-10(8-5-6-8)11-9(4-2)13-14-15-11/h8,10,12H,3-7H2,1-2H3. The normalized spacial score (nSPS) is 18.0. The number of hydrogen-bond acceptors (Lipinski definition) is 4. The molecule has 1 N–H and O–H groups in total. The summed E-state index contributed by atoms with van der Waals surface area (Å²) in [6.45, 7) is 5.47.